The Morgan fingerprint density at radius 2 is 1.81 bits per heavy atom. The zero-order valence-electron chi connectivity index (χ0n) is 16.7. The van der Waals surface area contributed by atoms with E-state index in [9.17, 15) is 13.2 Å². The molecule has 8 nitrogen and oxygen atoms in total. The second kappa shape index (κ2) is 8.12. The molecule has 0 bridgehead atoms. The van der Waals surface area contributed by atoms with Gasteiger partial charge in [0, 0.05) is 6.26 Å². The molecule has 1 amide bonds. The maximum absolute atomic E-state index is 12.4. The molecular weight excluding hydrogens is 436 g/mol. The highest BCUT2D eigenvalue weighted by molar-refractivity contribution is 8.16. The van der Waals surface area contributed by atoms with E-state index in [1.807, 2.05) is 31.2 Å². The Balaban J connectivity index is 1.52. The van der Waals surface area contributed by atoms with Crippen LogP contribution in [0.15, 0.2) is 63.5 Å². The molecule has 158 valence electrons. The van der Waals surface area contributed by atoms with Crippen molar-refractivity contribution < 1.29 is 17.9 Å². The third-order valence-electron chi connectivity index (χ3n) is 4.54. The molecule has 0 spiro atoms. The second-order valence-corrected chi connectivity index (χ2v) is 9.66. The first-order valence-electron chi connectivity index (χ1n) is 9.19. The van der Waals surface area contributed by atoms with E-state index in [1.54, 1.807) is 24.3 Å². The predicted molar refractivity (Wildman–Crippen MR) is 122 cm³/mol. The average molecular weight is 455 g/mol. The van der Waals surface area contributed by atoms with Gasteiger partial charge in [0.15, 0.2) is 0 Å². The third kappa shape index (κ3) is 4.44. The zero-order valence-corrected chi connectivity index (χ0v) is 18.3. The molecule has 2 aliphatic rings. The standard InChI is InChI=1S/C21H18N4O4S2/c1-13-3-5-15(6-4-13)12-29-16-9-7-14(8-10-16)11-17-18(22)25-20(23-19(17)26)30-24-21(25)31(2,27)28/h3-11,22H,12H2,1-2H3/b17-11-,22-18?. The van der Waals surface area contributed by atoms with Gasteiger partial charge in [-0.1, -0.05) is 42.0 Å². The normalized spacial score (nSPS) is 17.5. The minimum Gasteiger partial charge on any atom is -0.489 e. The number of hydrogen-bond donors (Lipinski definition) is 1. The number of benzene rings is 2. The molecule has 2 aliphatic heterocycles. The van der Waals surface area contributed by atoms with Crippen molar-refractivity contribution in [2.24, 2.45) is 9.39 Å². The third-order valence-corrected chi connectivity index (χ3v) is 6.30. The van der Waals surface area contributed by atoms with Gasteiger partial charge >= 0.3 is 0 Å². The minimum absolute atomic E-state index is 0.0177. The number of carbonyl (C=O) groups is 1. The molecule has 4 rings (SSSR count). The fraction of sp³-hybridized carbons (Fsp3) is 0.143. The van der Waals surface area contributed by atoms with Gasteiger partial charge in [0.25, 0.3) is 5.91 Å². The quantitative estimate of drug-likeness (QED) is 0.561. The van der Waals surface area contributed by atoms with E-state index in [1.165, 1.54) is 11.6 Å². The number of amides is 1. The number of hydrogen-bond acceptors (Lipinski definition) is 7. The summed E-state index contributed by atoms with van der Waals surface area (Å²) in [6.45, 7) is 2.46. The van der Waals surface area contributed by atoms with Crippen LogP contribution in [0.5, 0.6) is 5.75 Å². The number of sulfone groups is 1. The van der Waals surface area contributed by atoms with Crippen LogP contribution in [0.4, 0.5) is 0 Å². The molecule has 0 fully saturated rings. The minimum atomic E-state index is -3.68. The maximum Gasteiger partial charge on any atom is 0.283 e. The zero-order chi connectivity index (χ0) is 22.2. The summed E-state index contributed by atoms with van der Waals surface area (Å²) in [6, 6.07) is 15.1. The highest BCUT2D eigenvalue weighted by Gasteiger charge is 2.41. The van der Waals surface area contributed by atoms with Gasteiger partial charge in [0.05, 0.1) is 17.5 Å². The van der Waals surface area contributed by atoms with Crippen LogP contribution in [0.25, 0.3) is 6.08 Å². The first-order chi connectivity index (χ1) is 14.7. The number of nitrogens with one attached hydrogen (secondary N) is 1. The largest absolute Gasteiger partial charge is 0.489 e. The molecule has 31 heavy (non-hydrogen) atoms. The maximum atomic E-state index is 12.4. The molecule has 0 saturated heterocycles. The van der Waals surface area contributed by atoms with Crippen LogP contribution in [0.2, 0.25) is 0 Å². The number of rotatable bonds is 4. The second-order valence-electron chi connectivity index (χ2n) is 7.02. The van der Waals surface area contributed by atoms with Crippen molar-refractivity contribution in [3.8, 4) is 5.75 Å². The lowest BCUT2D eigenvalue weighted by atomic mass is 10.1. The van der Waals surface area contributed by atoms with Crippen LogP contribution < -0.4 is 4.74 Å². The van der Waals surface area contributed by atoms with Crippen molar-refractivity contribution >= 4 is 49.9 Å². The molecule has 0 aliphatic carbocycles. The number of carbonyl (C=O) groups excluding carboxylic acids is 1. The number of nitrogens with zero attached hydrogens (tertiary/aromatic N) is 3. The van der Waals surface area contributed by atoms with Crippen molar-refractivity contribution in [1.82, 2.24) is 4.90 Å². The fourth-order valence-corrected chi connectivity index (χ4v) is 4.76. The molecule has 1 N–H and O–H groups in total. The SMILES string of the molecule is Cc1ccc(COc2ccc(/C=C3/C(=N)N4C(=NC3=O)SN=C4S(C)(=O)=O)cc2)cc1. The molecule has 0 radical (unpaired) electrons. The average Bonchev–Trinajstić information content (AvgIpc) is 3.16. The molecule has 2 aromatic rings. The number of amidine groups is 3. The van der Waals surface area contributed by atoms with Crippen LogP contribution in [-0.2, 0) is 21.2 Å². The summed E-state index contributed by atoms with van der Waals surface area (Å²) in [5.74, 6) is -0.229. The Bertz CT molecular complexity index is 1260. The summed E-state index contributed by atoms with van der Waals surface area (Å²) in [7, 11) is -3.68. The van der Waals surface area contributed by atoms with E-state index in [4.69, 9.17) is 10.1 Å². The lowest BCUT2D eigenvalue weighted by Crippen LogP contribution is -2.45. The van der Waals surface area contributed by atoms with Gasteiger partial charge in [-0.2, -0.15) is 9.39 Å². The highest BCUT2D eigenvalue weighted by Crippen LogP contribution is 2.29. The molecule has 10 heteroatoms. The van der Waals surface area contributed by atoms with E-state index in [0.29, 0.717) is 17.9 Å². The van der Waals surface area contributed by atoms with Crippen molar-refractivity contribution in [3.05, 3.63) is 70.8 Å². The van der Waals surface area contributed by atoms with E-state index < -0.39 is 15.7 Å². The predicted octanol–water partition coefficient (Wildman–Crippen LogP) is 3.20. The highest BCUT2D eigenvalue weighted by atomic mass is 32.2. The van der Waals surface area contributed by atoms with E-state index in [2.05, 4.69) is 9.39 Å². The van der Waals surface area contributed by atoms with Gasteiger partial charge in [-0.3, -0.25) is 10.2 Å². The first-order valence-corrected chi connectivity index (χ1v) is 11.9. The van der Waals surface area contributed by atoms with Gasteiger partial charge in [-0.05, 0) is 36.3 Å². The van der Waals surface area contributed by atoms with Gasteiger partial charge in [0.2, 0.25) is 20.2 Å². The van der Waals surface area contributed by atoms with Crippen LogP contribution in [-0.4, -0.2) is 41.7 Å². The van der Waals surface area contributed by atoms with Gasteiger partial charge in [-0.15, -0.1) is 0 Å². The van der Waals surface area contributed by atoms with E-state index >= 15 is 0 Å². The topological polar surface area (TPSA) is 112 Å². The summed E-state index contributed by atoms with van der Waals surface area (Å²) in [4.78, 5) is 17.3. The molecule has 0 atom stereocenters. The van der Waals surface area contributed by atoms with Gasteiger partial charge in [0.1, 0.15) is 18.2 Å². The summed E-state index contributed by atoms with van der Waals surface area (Å²) < 4.78 is 33.5. The Kier molecular flexibility index (Phi) is 5.50. The summed E-state index contributed by atoms with van der Waals surface area (Å²) >= 11 is 0.763. The van der Waals surface area contributed by atoms with Crippen LogP contribution >= 0.6 is 11.9 Å². The van der Waals surface area contributed by atoms with E-state index in [0.717, 1.165) is 28.7 Å². The van der Waals surface area contributed by atoms with Gasteiger partial charge in [-0.25, -0.2) is 13.3 Å². The monoisotopic (exact) mass is 454 g/mol. The smallest absolute Gasteiger partial charge is 0.283 e. The van der Waals surface area contributed by atoms with Crippen molar-refractivity contribution in [1.29, 1.82) is 5.41 Å². The Morgan fingerprint density at radius 3 is 2.45 bits per heavy atom. The number of ether oxygens (including phenoxy) is 1. The molecule has 0 saturated carbocycles. The van der Waals surface area contributed by atoms with E-state index in [-0.39, 0.29) is 21.7 Å². The van der Waals surface area contributed by atoms with Crippen molar-refractivity contribution in [2.75, 3.05) is 6.26 Å². The Labute approximate surface area is 183 Å². The van der Waals surface area contributed by atoms with Crippen molar-refractivity contribution in [2.45, 2.75) is 13.5 Å². The molecular formula is C21H18N4O4S2. The van der Waals surface area contributed by atoms with Crippen molar-refractivity contribution in [3.63, 3.8) is 0 Å². The van der Waals surface area contributed by atoms with Crippen LogP contribution in [0, 0.1) is 12.3 Å². The fourth-order valence-electron chi connectivity index (χ4n) is 2.92. The van der Waals surface area contributed by atoms with Gasteiger partial charge < -0.3 is 4.74 Å². The number of aryl methyl sites for hydroxylation is 1. The number of aliphatic imine (C=N–C) groups is 1. The lowest BCUT2D eigenvalue weighted by molar-refractivity contribution is -0.114. The summed E-state index contributed by atoms with van der Waals surface area (Å²) in [6.07, 6.45) is 2.50. The Hall–Kier alpha value is -3.24. The lowest BCUT2D eigenvalue weighted by Gasteiger charge is -2.23. The first kappa shape index (κ1) is 21.0. The molecule has 2 aromatic carbocycles. The van der Waals surface area contributed by atoms with Crippen LogP contribution in [0.1, 0.15) is 16.7 Å². The number of fused-ring (bicyclic) bond motifs is 1. The van der Waals surface area contributed by atoms with Crippen LogP contribution in [0.3, 0.4) is 0 Å². The molecule has 0 aromatic heterocycles. The Morgan fingerprint density at radius 1 is 1.13 bits per heavy atom. The molecule has 0 unspecified atom stereocenters. The molecule has 2 heterocycles. The summed E-state index contributed by atoms with van der Waals surface area (Å²) in [5, 5.41) is 8.11. The summed E-state index contributed by atoms with van der Waals surface area (Å²) in [5.41, 5.74) is 2.87.